The first-order valence-corrected chi connectivity index (χ1v) is 7.17. The second kappa shape index (κ2) is 6.85. The van der Waals surface area contributed by atoms with E-state index in [1.807, 2.05) is 34.9 Å². The van der Waals surface area contributed by atoms with E-state index in [0.717, 1.165) is 17.9 Å². The molecule has 110 valence electrons. The van der Waals surface area contributed by atoms with Gasteiger partial charge in [-0.25, -0.2) is 0 Å². The average molecular weight is 283 g/mol. The van der Waals surface area contributed by atoms with E-state index in [1.54, 1.807) is 6.07 Å². The van der Waals surface area contributed by atoms with E-state index >= 15 is 0 Å². The van der Waals surface area contributed by atoms with E-state index in [0.29, 0.717) is 30.5 Å². The van der Waals surface area contributed by atoms with Crippen LogP contribution in [-0.2, 0) is 13.0 Å². The number of nitriles is 1. The van der Waals surface area contributed by atoms with Gasteiger partial charge in [0.1, 0.15) is 24.1 Å². The molecule has 0 aliphatic carbocycles. The number of ether oxygens (including phenoxy) is 1. The minimum atomic E-state index is 0.488. The van der Waals surface area contributed by atoms with Gasteiger partial charge < -0.3 is 15.0 Å². The minimum Gasteiger partial charge on any atom is -0.492 e. The number of nitrogens with two attached hydrogens (primary N) is 1. The maximum Gasteiger partial charge on any atom is 0.122 e. The van der Waals surface area contributed by atoms with E-state index < -0.39 is 0 Å². The van der Waals surface area contributed by atoms with Crippen molar-refractivity contribution in [1.82, 2.24) is 4.57 Å². The van der Waals surface area contributed by atoms with Crippen LogP contribution in [-0.4, -0.2) is 11.2 Å². The number of hydrogen-bond acceptors (Lipinski definition) is 3. The second-order valence-corrected chi connectivity index (χ2v) is 5.45. The number of para-hydroxylation sites is 1. The molecule has 0 radical (unpaired) electrons. The molecule has 0 aliphatic heterocycles. The zero-order valence-electron chi connectivity index (χ0n) is 12.5. The second-order valence-electron chi connectivity index (χ2n) is 5.45. The summed E-state index contributed by atoms with van der Waals surface area (Å²) in [6.07, 6.45) is 0.860. The summed E-state index contributed by atoms with van der Waals surface area (Å²) < 4.78 is 7.68. The summed E-state index contributed by atoms with van der Waals surface area (Å²) in [5.74, 6) is 1.32. The van der Waals surface area contributed by atoms with Gasteiger partial charge in [0, 0.05) is 5.69 Å². The van der Waals surface area contributed by atoms with Crippen LogP contribution in [0.5, 0.6) is 5.75 Å². The summed E-state index contributed by atoms with van der Waals surface area (Å²) in [6, 6.07) is 13.6. The average Bonchev–Trinajstić information content (AvgIpc) is 2.76. The van der Waals surface area contributed by atoms with E-state index in [1.165, 1.54) is 0 Å². The normalized spacial score (nSPS) is 10.6. The molecule has 1 heterocycles. The van der Waals surface area contributed by atoms with Crippen molar-refractivity contribution in [3.8, 4) is 11.8 Å². The lowest BCUT2D eigenvalue weighted by atomic mass is 10.1. The van der Waals surface area contributed by atoms with E-state index in [4.69, 9.17) is 10.5 Å². The zero-order chi connectivity index (χ0) is 15.2. The van der Waals surface area contributed by atoms with Gasteiger partial charge >= 0.3 is 0 Å². The number of anilines is 1. The minimum absolute atomic E-state index is 0.488. The summed E-state index contributed by atoms with van der Waals surface area (Å²) in [5, 5.41) is 9.24. The van der Waals surface area contributed by atoms with Crippen molar-refractivity contribution in [3.63, 3.8) is 0 Å². The molecule has 2 aromatic rings. The summed E-state index contributed by atoms with van der Waals surface area (Å²) in [7, 11) is 0. The molecule has 1 aromatic heterocycles. The molecule has 0 aliphatic rings. The molecular formula is C17H21N3O. The van der Waals surface area contributed by atoms with Crippen LogP contribution in [0.1, 0.15) is 25.2 Å². The van der Waals surface area contributed by atoms with Gasteiger partial charge in [0.05, 0.1) is 12.2 Å². The molecule has 0 amide bonds. The first-order chi connectivity index (χ1) is 10.1. The SMILES string of the molecule is CC(C)Cc1c(N)cc(C#N)n1CCOc1ccccc1. The molecular weight excluding hydrogens is 262 g/mol. The van der Waals surface area contributed by atoms with Crippen LogP contribution in [0.15, 0.2) is 36.4 Å². The Morgan fingerprint density at radius 1 is 1.29 bits per heavy atom. The van der Waals surface area contributed by atoms with Crippen LogP contribution in [0, 0.1) is 17.2 Å². The monoisotopic (exact) mass is 283 g/mol. The number of hydrogen-bond donors (Lipinski definition) is 1. The van der Waals surface area contributed by atoms with Crippen LogP contribution in [0.4, 0.5) is 5.69 Å². The predicted octanol–water partition coefficient (Wildman–Crippen LogP) is 3.22. The van der Waals surface area contributed by atoms with Crippen molar-refractivity contribution in [2.45, 2.75) is 26.8 Å². The molecule has 0 fully saturated rings. The number of nitrogens with zero attached hydrogens (tertiary/aromatic N) is 2. The summed E-state index contributed by atoms with van der Waals surface area (Å²) in [6.45, 7) is 5.42. The van der Waals surface area contributed by atoms with Crippen molar-refractivity contribution in [2.24, 2.45) is 5.92 Å². The zero-order valence-corrected chi connectivity index (χ0v) is 12.5. The fourth-order valence-electron chi connectivity index (χ4n) is 2.34. The highest BCUT2D eigenvalue weighted by Gasteiger charge is 2.14. The maximum absolute atomic E-state index is 9.24. The highest BCUT2D eigenvalue weighted by molar-refractivity contribution is 5.50. The Morgan fingerprint density at radius 3 is 2.62 bits per heavy atom. The van der Waals surface area contributed by atoms with Crippen LogP contribution in [0.25, 0.3) is 0 Å². The van der Waals surface area contributed by atoms with E-state index in [9.17, 15) is 5.26 Å². The topological polar surface area (TPSA) is 64.0 Å². The molecule has 2 N–H and O–H groups in total. The van der Waals surface area contributed by atoms with E-state index in [2.05, 4.69) is 19.9 Å². The van der Waals surface area contributed by atoms with Crippen LogP contribution >= 0.6 is 0 Å². The van der Waals surface area contributed by atoms with Crippen LogP contribution < -0.4 is 10.5 Å². The molecule has 0 unspecified atom stereocenters. The Balaban J connectivity index is 2.09. The highest BCUT2D eigenvalue weighted by Crippen LogP contribution is 2.21. The third kappa shape index (κ3) is 3.79. The maximum atomic E-state index is 9.24. The Hall–Kier alpha value is -2.41. The third-order valence-corrected chi connectivity index (χ3v) is 3.29. The molecule has 0 saturated carbocycles. The lowest BCUT2D eigenvalue weighted by Gasteiger charge is -2.14. The van der Waals surface area contributed by atoms with Crippen LogP contribution in [0.3, 0.4) is 0 Å². The first kappa shape index (κ1) is 15.0. The number of aromatic nitrogens is 1. The molecule has 2 rings (SSSR count). The standard InChI is InChI=1S/C17H21N3O/c1-13(2)10-17-16(19)11-14(12-18)20(17)8-9-21-15-6-4-3-5-7-15/h3-7,11,13H,8-10,19H2,1-2H3. The number of rotatable bonds is 6. The lowest BCUT2D eigenvalue weighted by Crippen LogP contribution is -2.14. The lowest BCUT2D eigenvalue weighted by molar-refractivity contribution is 0.295. The summed E-state index contributed by atoms with van der Waals surface area (Å²) >= 11 is 0. The molecule has 1 aromatic carbocycles. The van der Waals surface area contributed by atoms with Crippen molar-refractivity contribution in [3.05, 3.63) is 47.8 Å². The summed E-state index contributed by atoms with van der Waals surface area (Å²) in [5.41, 5.74) is 8.35. The highest BCUT2D eigenvalue weighted by atomic mass is 16.5. The van der Waals surface area contributed by atoms with Gasteiger partial charge in [-0.3, -0.25) is 0 Å². The van der Waals surface area contributed by atoms with Gasteiger partial charge in [-0.2, -0.15) is 5.26 Å². The first-order valence-electron chi connectivity index (χ1n) is 7.17. The smallest absolute Gasteiger partial charge is 0.122 e. The van der Waals surface area contributed by atoms with Crippen LogP contribution in [0.2, 0.25) is 0 Å². The molecule has 4 heteroatoms. The molecule has 0 atom stereocenters. The quantitative estimate of drug-likeness (QED) is 0.885. The molecule has 0 bridgehead atoms. The van der Waals surface area contributed by atoms with Crippen molar-refractivity contribution in [2.75, 3.05) is 12.3 Å². The van der Waals surface area contributed by atoms with Gasteiger partial charge in [0.2, 0.25) is 0 Å². The fraction of sp³-hybridized carbons (Fsp3) is 0.353. The third-order valence-electron chi connectivity index (χ3n) is 3.29. The Labute approximate surface area is 125 Å². The molecule has 4 nitrogen and oxygen atoms in total. The Morgan fingerprint density at radius 2 is 2.00 bits per heavy atom. The Bertz CT molecular complexity index is 623. The number of benzene rings is 1. The number of nitrogen functional groups attached to an aromatic ring is 1. The summed E-state index contributed by atoms with van der Waals surface area (Å²) in [4.78, 5) is 0. The molecule has 0 saturated heterocycles. The van der Waals surface area contributed by atoms with E-state index in [-0.39, 0.29) is 0 Å². The van der Waals surface area contributed by atoms with Gasteiger partial charge in [0.15, 0.2) is 0 Å². The fourth-order valence-corrected chi connectivity index (χ4v) is 2.34. The largest absolute Gasteiger partial charge is 0.492 e. The van der Waals surface area contributed by atoms with Crippen molar-refractivity contribution >= 4 is 5.69 Å². The molecule has 0 spiro atoms. The Kier molecular flexibility index (Phi) is 4.89. The van der Waals surface area contributed by atoms with Gasteiger partial charge in [-0.15, -0.1) is 0 Å². The van der Waals surface area contributed by atoms with Gasteiger partial charge in [-0.1, -0.05) is 32.0 Å². The van der Waals surface area contributed by atoms with Crippen molar-refractivity contribution in [1.29, 1.82) is 5.26 Å². The van der Waals surface area contributed by atoms with Crippen molar-refractivity contribution < 1.29 is 4.74 Å². The van der Waals surface area contributed by atoms with Gasteiger partial charge in [-0.05, 0) is 30.5 Å². The predicted molar refractivity (Wildman–Crippen MR) is 84.0 cm³/mol. The van der Waals surface area contributed by atoms with Gasteiger partial charge in [0.25, 0.3) is 0 Å². The molecule has 21 heavy (non-hydrogen) atoms.